The quantitative estimate of drug-likeness (QED) is 0.414. The van der Waals surface area contributed by atoms with Crippen LogP contribution in [-0.2, 0) is 13.6 Å². The van der Waals surface area contributed by atoms with Crippen molar-refractivity contribution in [2.24, 2.45) is 7.05 Å². The van der Waals surface area contributed by atoms with Crippen molar-refractivity contribution in [1.29, 1.82) is 0 Å². The maximum Gasteiger partial charge on any atom is 0.262 e. The van der Waals surface area contributed by atoms with Gasteiger partial charge in [-0.25, -0.2) is 0 Å². The molecule has 4 aromatic rings. The molecule has 2 aromatic heterocycles. The SMILES string of the molecule is CCCN(Cc1nnc2n(C)c(=O)c3cc(C)ccc3n12)C(C)c1ccccc1Br. The Hall–Kier alpha value is -2.51. The highest BCUT2D eigenvalue weighted by Crippen LogP contribution is 2.29. The number of hydrogen-bond donors (Lipinski definition) is 0. The van der Waals surface area contributed by atoms with Gasteiger partial charge in [0.15, 0.2) is 5.82 Å². The van der Waals surface area contributed by atoms with Gasteiger partial charge in [0.05, 0.1) is 17.4 Å². The minimum Gasteiger partial charge on any atom is -0.289 e. The van der Waals surface area contributed by atoms with Crippen LogP contribution in [0.4, 0.5) is 0 Å². The summed E-state index contributed by atoms with van der Waals surface area (Å²) in [7, 11) is 1.76. The molecule has 4 rings (SSSR count). The lowest BCUT2D eigenvalue weighted by Crippen LogP contribution is -2.29. The predicted molar refractivity (Wildman–Crippen MR) is 124 cm³/mol. The average molecular weight is 468 g/mol. The maximum absolute atomic E-state index is 12.8. The van der Waals surface area contributed by atoms with Crippen LogP contribution in [0.25, 0.3) is 16.7 Å². The third kappa shape index (κ3) is 3.56. The van der Waals surface area contributed by atoms with Gasteiger partial charge in [-0.2, -0.15) is 0 Å². The number of aromatic nitrogens is 4. The molecule has 0 N–H and O–H groups in total. The number of halogens is 1. The van der Waals surface area contributed by atoms with Crippen molar-refractivity contribution >= 4 is 32.6 Å². The van der Waals surface area contributed by atoms with Crippen molar-refractivity contribution in [3.8, 4) is 0 Å². The van der Waals surface area contributed by atoms with Crippen LogP contribution in [0.5, 0.6) is 0 Å². The zero-order valence-corrected chi connectivity index (χ0v) is 19.3. The Morgan fingerprint density at radius 1 is 1.17 bits per heavy atom. The maximum atomic E-state index is 12.8. The highest BCUT2D eigenvalue weighted by atomic mass is 79.9. The second-order valence-electron chi connectivity index (χ2n) is 7.80. The smallest absolute Gasteiger partial charge is 0.262 e. The minimum absolute atomic E-state index is 0.0489. The monoisotopic (exact) mass is 467 g/mol. The van der Waals surface area contributed by atoms with Gasteiger partial charge in [0.2, 0.25) is 5.78 Å². The molecule has 0 saturated heterocycles. The number of fused-ring (bicyclic) bond motifs is 3. The summed E-state index contributed by atoms with van der Waals surface area (Å²) in [6.45, 7) is 7.97. The van der Waals surface area contributed by atoms with Crippen LogP contribution in [0.1, 0.15) is 43.3 Å². The van der Waals surface area contributed by atoms with Crippen LogP contribution in [-0.4, -0.2) is 30.6 Å². The molecule has 1 unspecified atom stereocenters. The van der Waals surface area contributed by atoms with Crippen molar-refractivity contribution in [3.63, 3.8) is 0 Å². The normalized spacial score (nSPS) is 12.9. The fourth-order valence-electron chi connectivity index (χ4n) is 4.05. The molecule has 1 atom stereocenters. The van der Waals surface area contributed by atoms with Crippen molar-refractivity contribution < 1.29 is 0 Å². The molecule has 0 aliphatic rings. The van der Waals surface area contributed by atoms with E-state index >= 15 is 0 Å². The Kier molecular flexibility index (Phi) is 5.75. The lowest BCUT2D eigenvalue weighted by molar-refractivity contribution is 0.195. The number of nitrogens with zero attached hydrogens (tertiary/aromatic N) is 5. The first-order valence-corrected chi connectivity index (χ1v) is 11.0. The molecule has 0 aliphatic carbocycles. The van der Waals surface area contributed by atoms with Crippen LogP contribution in [0.15, 0.2) is 51.7 Å². The highest BCUT2D eigenvalue weighted by Gasteiger charge is 2.21. The van der Waals surface area contributed by atoms with Crippen LogP contribution < -0.4 is 5.56 Å². The molecule has 156 valence electrons. The van der Waals surface area contributed by atoms with Crippen molar-refractivity contribution in [1.82, 2.24) is 24.1 Å². The molecule has 0 saturated carbocycles. The first kappa shape index (κ1) is 20.8. The lowest BCUT2D eigenvalue weighted by Gasteiger charge is -2.29. The highest BCUT2D eigenvalue weighted by molar-refractivity contribution is 9.10. The van der Waals surface area contributed by atoms with E-state index < -0.39 is 0 Å². The first-order chi connectivity index (χ1) is 14.4. The van der Waals surface area contributed by atoms with Gasteiger partial charge in [-0.3, -0.25) is 18.7 Å². The molecule has 6 nitrogen and oxygen atoms in total. The van der Waals surface area contributed by atoms with Crippen LogP contribution in [0.3, 0.4) is 0 Å². The largest absolute Gasteiger partial charge is 0.289 e. The fraction of sp³-hybridized carbons (Fsp3) is 0.348. The fourth-order valence-corrected chi connectivity index (χ4v) is 4.67. The molecular weight excluding hydrogens is 442 g/mol. The van der Waals surface area contributed by atoms with E-state index in [0.717, 1.165) is 34.3 Å². The second-order valence-corrected chi connectivity index (χ2v) is 8.66. The van der Waals surface area contributed by atoms with Gasteiger partial charge in [-0.05, 0) is 50.6 Å². The summed E-state index contributed by atoms with van der Waals surface area (Å²) in [6.07, 6.45) is 1.03. The van der Waals surface area contributed by atoms with E-state index in [1.54, 1.807) is 11.6 Å². The molecular formula is C23H26BrN5O. The zero-order chi connectivity index (χ0) is 21.4. The Bertz CT molecular complexity index is 1280. The Morgan fingerprint density at radius 3 is 2.67 bits per heavy atom. The van der Waals surface area contributed by atoms with Crippen LogP contribution in [0.2, 0.25) is 0 Å². The van der Waals surface area contributed by atoms with Crippen molar-refractivity contribution in [3.05, 3.63) is 74.2 Å². The molecule has 0 bridgehead atoms. The van der Waals surface area contributed by atoms with E-state index in [1.807, 2.05) is 35.6 Å². The third-order valence-electron chi connectivity index (χ3n) is 5.70. The van der Waals surface area contributed by atoms with Gasteiger partial charge >= 0.3 is 0 Å². The van der Waals surface area contributed by atoms with Gasteiger partial charge in [0.1, 0.15) is 0 Å². The zero-order valence-electron chi connectivity index (χ0n) is 17.8. The van der Waals surface area contributed by atoms with Gasteiger partial charge in [0.25, 0.3) is 5.56 Å². The van der Waals surface area contributed by atoms with E-state index in [-0.39, 0.29) is 11.6 Å². The van der Waals surface area contributed by atoms with Crippen LogP contribution >= 0.6 is 15.9 Å². The van der Waals surface area contributed by atoms with E-state index in [1.165, 1.54) is 5.56 Å². The van der Waals surface area contributed by atoms with Crippen LogP contribution in [0, 0.1) is 6.92 Å². The van der Waals surface area contributed by atoms with Gasteiger partial charge in [-0.15, -0.1) is 10.2 Å². The number of benzene rings is 2. The summed E-state index contributed by atoms with van der Waals surface area (Å²) in [6, 6.07) is 14.5. The molecule has 2 aromatic carbocycles. The van der Waals surface area contributed by atoms with Gasteiger partial charge in [-0.1, -0.05) is 52.7 Å². The van der Waals surface area contributed by atoms with E-state index in [9.17, 15) is 4.79 Å². The lowest BCUT2D eigenvalue weighted by atomic mass is 10.1. The second kappa shape index (κ2) is 8.32. The van der Waals surface area contributed by atoms with Crippen molar-refractivity contribution in [2.75, 3.05) is 6.54 Å². The topological polar surface area (TPSA) is 55.4 Å². The summed E-state index contributed by atoms with van der Waals surface area (Å²) in [4.78, 5) is 15.2. The molecule has 0 radical (unpaired) electrons. The Labute approximate surface area is 184 Å². The number of aryl methyl sites for hydroxylation is 2. The predicted octanol–water partition coefficient (Wildman–Crippen LogP) is 4.63. The average Bonchev–Trinajstić information content (AvgIpc) is 3.15. The standard InChI is InChI=1S/C23H26BrN5O/c1-5-12-28(16(3)17-8-6-7-9-19(17)24)14-21-25-26-23-27(4)22(30)18-13-15(2)10-11-20(18)29(21)23/h6-11,13,16H,5,12,14H2,1-4H3. The molecule has 0 amide bonds. The molecule has 0 fully saturated rings. The first-order valence-electron chi connectivity index (χ1n) is 10.2. The molecule has 0 aliphatic heterocycles. The molecule has 7 heteroatoms. The summed E-state index contributed by atoms with van der Waals surface area (Å²) < 4.78 is 4.71. The summed E-state index contributed by atoms with van der Waals surface area (Å²) in [5.41, 5.74) is 3.10. The Balaban J connectivity index is 1.83. The summed E-state index contributed by atoms with van der Waals surface area (Å²) >= 11 is 3.69. The van der Waals surface area contributed by atoms with Gasteiger partial charge in [0, 0.05) is 17.6 Å². The van der Waals surface area contributed by atoms with Crippen molar-refractivity contribution in [2.45, 2.75) is 39.8 Å². The van der Waals surface area contributed by atoms with E-state index in [2.05, 4.69) is 63.1 Å². The third-order valence-corrected chi connectivity index (χ3v) is 6.42. The summed E-state index contributed by atoms with van der Waals surface area (Å²) in [5.74, 6) is 1.40. The molecule has 30 heavy (non-hydrogen) atoms. The Morgan fingerprint density at radius 2 is 1.93 bits per heavy atom. The molecule has 2 heterocycles. The molecule has 0 spiro atoms. The van der Waals surface area contributed by atoms with E-state index in [4.69, 9.17) is 0 Å². The minimum atomic E-state index is -0.0489. The number of rotatable bonds is 6. The number of hydrogen-bond acceptors (Lipinski definition) is 4. The van der Waals surface area contributed by atoms with E-state index in [0.29, 0.717) is 17.7 Å². The summed E-state index contributed by atoms with van der Waals surface area (Å²) in [5, 5.41) is 9.53. The van der Waals surface area contributed by atoms with Gasteiger partial charge < -0.3 is 0 Å².